The standard InChI is InChI=1S/C40H44Cl2N8O5/c1-22-20-31-33(38(52)49(4)40(54)48(31)3)36(43-22)45-28-11-7-9-26(35(28)42)25-8-6-10-27(34(25)41)29-21-23-12-13-30(32(23)37(46-29)55-5)47(2)16-14-24-15-17-50(18-19-51)39(53)44-24/h6-11,20-21,24,30,51H,12-19H2,1-5H3,(H,43,45)(H,44,53). The van der Waals surface area contributed by atoms with E-state index in [1.54, 1.807) is 38.1 Å². The first-order valence-corrected chi connectivity index (χ1v) is 19.0. The van der Waals surface area contributed by atoms with Crippen LogP contribution in [0.5, 0.6) is 5.88 Å². The van der Waals surface area contributed by atoms with Gasteiger partial charge in [-0.1, -0.05) is 53.5 Å². The maximum atomic E-state index is 13.3. The summed E-state index contributed by atoms with van der Waals surface area (Å²) >= 11 is 14.3. The quantitative estimate of drug-likeness (QED) is 0.151. The van der Waals surface area contributed by atoms with Gasteiger partial charge in [-0.25, -0.2) is 19.6 Å². The molecule has 55 heavy (non-hydrogen) atoms. The van der Waals surface area contributed by atoms with E-state index in [-0.39, 0.29) is 35.9 Å². The lowest BCUT2D eigenvalue weighted by atomic mass is 9.99. The summed E-state index contributed by atoms with van der Waals surface area (Å²) in [7, 11) is 6.79. The van der Waals surface area contributed by atoms with E-state index >= 15 is 0 Å². The molecule has 13 nitrogen and oxygen atoms in total. The van der Waals surface area contributed by atoms with Gasteiger partial charge in [-0.3, -0.25) is 18.8 Å². The zero-order chi connectivity index (χ0) is 39.1. The summed E-state index contributed by atoms with van der Waals surface area (Å²) in [5.74, 6) is 0.842. The van der Waals surface area contributed by atoms with Crippen LogP contribution >= 0.6 is 23.2 Å². The Hall–Kier alpha value is -4.95. The predicted molar refractivity (Wildman–Crippen MR) is 216 cm³/mol. The van der Waals surface area contributed by atoms with Crippen molar-refractivity contribution in [1.82, 2.24) is 34.2 Å². The fraction of sp³-hybridized carbons (Fsp3) is 0.375. The van der Waals surface area contributed by atoms with Crippen LogP contribution in [0.25, 0.3) is 33.3 Å². The van der Waals surface area contributed by atoms with Crippen molar-refractivity contribution in [2.45, 2.75) is 44.7 Å². The van der Waals surface area contributed by atoms with Gasteiger partial charge in [0.25, 0.3) is 5.56 Å². The van der Waals surface area contributed by atoms with E-state index < -0.39 is 11.2 Å². The zero-order valence-electron chi connectivity index (χ0n) is 31.4. The second-order valence-corrected chi connectivity index (χ2v) is 15.0. The zero-order valence-corrected chi connectivity index (χ0v) is 33.0. The minimum atomic E-state index is -0.465. The first kappa shape index (κ1) is 38.3. The first-order chi connectivity index (χ1) is 26.4. The van der Waals surface area contributed by atoms with E-state index in [9.17, 15) is 19.5 Å². The average molecular weight is 788 g/mol. The summed E-state index contributed by atoms with van der Waals surface area (Å²) in [4.78, 5) is 51.9. The number of pyridine rings is 2. The molecule has 1 aliphatic heterocycles. The van der Waals surface area contributed by atoms with Gasteiger partial charge in [-0.2, -0.15) is 0 Å². The molecule has 1 saturated heterocycles. The molecular formula is C40H44Cl2N8O5. The molecule has 0 bridgehead atoms. The number of nitrogens with zero attached hydrogens (tertiary/aromatic N) is 6. The van der Waals surface area contributed by atoms with Crippen molar-refractivity contribution in [2.24, 2.45) is 14.1 Å². The van der Waals surface area contributed by atoms with E-state index in [1.165, 1.54) is 11.6 Å². The van der Waals surface area contributed by atoms with Gasteiger partial charge in [0.05, 0.1) is 40.7 Å². The molecule has 15 heteroatoms. The van der Waals surface area contributed by atoms with Gasteiger partial charge < -0.3 is 25.4 Å². The summed E-state index contributed by atoms with van der Waals surface area (Å²) in [5.41, 5.74) is 5.69. The van der Waals surface area contributed by atoms with Crippen LogP contribution in [0.1, 0.15) is 42.1 Å². The monoisotopic (exact) mass is 786 g/mol. The second-order valence-electron chi connectivity index (χ2n) is 14.2. The molecule has 0 spiro atoms. The normalized spacial score (nSPS) is 16.8. The lowest BCUT2D eigenvalue weighted by Gasteiger charge is -2.34. The number of halogens is 2. The van der Waals surface area contributed by atoms with Crippen LogP contribution in [0.15, 0.2) is 58.1 Å². The van der Waals surface area contributed by atoms with E-state index in [0.29, 0.717) is 62.7 Å². The number of benzene rings is 2. The number of hydrogen-bond acceptors (Lipinski definition) is 9. The van der Waals surface area contributed by atoms with Crippen LogP contribution in [-0.2, 0) is 20.5 Å². The third kappa shape index (κ3) is 7.17. The molecule has 288 valence electrons. The molecule has 2 aliphatic rings. The van der Waals surface area contributed by atoms with Gasteiger partial charge in [0.2, 0.25) is 5.88 Å². The maximum Gasteiger partial charge on any atom is 0.330 e. The number of carbonyl (C=O) groups is 1. The number of aryl methyl sites for hydroxylation is 3. The molecule has 3 aromatic heterocycles. The highest BCUT2D eigenvalue weighted by molar-refractivity contribution is 6.39. The van der Waals surface area contributed by atoms with Crippen LogP contribution in [0.3, 0.4) is 0 Å². The average Bonchev–Trinajstić information content (AvgIpc) is 3.61. The van der Waals surface area contributed by atoms with Gasteiger partial charge in [0, 0.05) is 73.8 Å². The molecule has 2 atom stereocenters. The Kier molecular flexibility index (Phi) is 10.9. The van der Waals surface area contributed by atoms with Crippen molar-refractivity contribution in [3.63, 3.8) is 0 Å². The van der Waals surface area contributed by atoms with Gasteiger partial charge in [-0.15, -0.1) is 0 Å². The van der Waals surface area contributed by atoms with Crippen molar-refractivity contribution in [3.8, 4) is 28.3 Å². The van der Waals surface area contributed by atoms with Gasteiger partial charge in [0.15, 0.2) is 0 Å². The van der Waals surface area contributed by atoms with E-state index in [2.05, 4.69) is 33.6 Å². The van der Waals surface area contributed by atoms with Crippen molar-refractivity contribution in [3.05, 3.63) is 96.2 Å². The number of β-amino-alcohol motifs (C(OH)–C–C–N with tert-alkyl or cyclic N) is 1. The smallest absolute Gasteiger partial charge is 0.330 e. The van der Waals surface area contributed by atoms with Crippen molar-refractivity contribution in [2.75, 3.05) is 45.7 Å². The molecule has 5 aromatic rings. The fourth-order valence-corrected chi connectivity index (χ4v) is 8.44. The van der Waals surface area contributed by atoms with E-state index in [4.69, 9.17) is 32.9 Å². The Morgan fingerprint density at radius 3 is 2.45 bits per heavy atom. The molecule has 1 aliphatic carbocycles. The highest BCUT2D eigenvalue weighted by Gasteiger charge is 2.32. The number of urea groups is 1. The topological polar surface area (TPSA) is 147 Å². The lowest BCUT2D eigenvalue weighted by Crippen LogP contribution is -2.53. The first-order valence-electron chi connectivity index (χ1n) is 18.3. The number of aliphatic hydroxyl groups is 1. The Bertz CT molecular complexity index is 2430. The molecular weight excluding hydrogens is 743 g/mol. The number of fused-ring (bicyclic) bond motifs is 2. The summed E-state index contributed by atoms with van der Waals surface area (Å²) in [6, 6.07) is 15.1. The number of rotatable bonds is 11. The van der Waals surface area contributed by atoms with E-state index in [0.717, 1.165) is 53.5 Å². The SMILES string of the molecule is COc1nc(-c2cccc(-c3cccc(Nc4nc(C)cc5c4c(=O)n(C)c(=O)n5C)c3Cl)c2Cl)cc2c1C(N(C)CCC1CCN(CCO)C(=O)N1)CC2. The number of carbonyl (C=O) groups excluding carboxylic acids is 1. The number of ether oxygens (including phenoxy) is 1. The molecule has 0 radical (unpaired) electrons. The molecule has 2 amide bonds. The second kappa shape index (κ2) is 15.7. The number of nitrogens with one attached hydrogen (secondary N) is 2. The number of methoxy groups -OCH3 is 1. The van der Waals surface area contributed by atoms with Gasteiger partial charge in [-0.05, 0) is 63.4 Å². The number of anilines is 2. The lowest BCUT2D eigenvalue weighted by molar-refractivity contribution is 0.149. The Labute approximate surface area is 328 Å². The minimum absolute atomic E-state index is 0.0424. The fourth-order valence-electron chi connectivity index (χ4n) is 7.84. The van der Waals surface area contributed by atoms with Gasteiger partial charge in [0.1, 0.15) is 11.2 Å². The molecule has 1 fully saturated rings. The maximum absolute atomic E-state index is 13.3. The largest absolute Gasteiger partial charge is 0.481 e. The van der Waals surface area contributed by atoms with Crippen LogP contribution in [0, 0.1) is 6.92 Å². The Morgan fingerprint density at radius 1 is 1.00 bits per heavy atom. The number of hydrogen-bond donors (Lipinski definition) is 3. The van der Waals surface area contributed by atoms with Crippen LogP contribution < -0.4 is 26.6 Å². The molecule has 0 saturated carbocycles. The molecule has 4 heterocycles. The Morgan fingerprint density at radius 2 is 1.73 bits per heavy atom. The highest BCUT2D eigenvalue weighted by Crippen LogP contribution is 2.45. The van der Waals surface area contributed by atoms with E-state index in [1.807, 2.05) is 30.3 Å². The van der Waals surface area contributed by atoms with Crippen LogP contribution in [-0.4, -0.2) is 86.5 Å². The summed E-state index contributed by atoms with van der Waals surface area (Å²) in [6.45, 7) is 3.53. The van der Waals surface area contributed by atoms with Gasteiger partial charge >= 0.3 is 11.7 Å². The molecule has 2 unspecified atom stereocenters. The predicted octanol–water partition coefficient (Wildman–Crippen LogP) is 5.81. The minimum Gasteiger partial charge on any atom is -0.481 e. The number of amides is 2. The number of aromatic nitrogens is 4. The van der Waals surface area contributed by atoms with Crippen LogP contribution in [0.4, 0.5) is 16.3 Å². The summed E-state index contributed by atoms with van der Waals surface area (Å²) in [5, 5.41) is 16.7. The van der Waals surface area contributed by atoms with Crippen molar-refractivity contribution >= 4 is 51.6 Å². The highest BCUT2D eigenvalue weighted by atomic mass is 35.5. The van der Waals surface area contributed by atoms with Crippen molar-refractivity contribution < 1.29 is 14.6 Å². The Balaban J connectivity index is 1.16. The third-order valence-electron chi connectivity index (χ3n) is 10.8. The third-order valence-corrected chi connectivity index (χ3v) is 11.6. The molecule has 7 rings (SSSR count). The van der Waals surface area contributed by atoms with Crippen LogP contribution in [0.2, 0.25) is 10.0 Å². The molecule has 3 N–H and O–H groups in total. The van der Waals surface area contributed by atoms with Crippen molar-refractivity contribution in [1.29, 1.82) is 0 Å². The summed E-state index contributed by atoms with van der Waals surface area (Å²) in [6.07, 6.45) is 3.41. The molecule has 2 aromatic carbocycles. The number of aliphatic hydroxyl groups excluding tert-OH is 1. The summed E-state index contributed by atoms with van der Waals surface area (Å²) < 4.78 is 8.40.